The first kappa shape index (κ1) is 13.5. The summed E-state index contributed by atoms with van der Waals surface area (Å²) in [5.74, 6) is 0.774. The summed E-state index contributed by atoms with van der Waals surface area (Å²) >= 11 is 0. The topological polar surface area (TPSA) is 43.8 Å². The van der Waals surface area contributed by atoms with Crippen molar-refractivity contribution in [1.29, 1.82) is 0 Å². The zero-order valence-corrected chi connectivity index (χ0v) is 10.6. The van der Waals surface area contributed by atoms with Gasteiger partial charge in [0.25, 0.3) is 0 Å². The summed E-state index contributed by atoms with van der Waals surface area (Å²) in [6, 6.07) is 0. The third-order valence-electron chi connectivity index (χ3n) is 2.90. The minimum Gasteiger partial charge on any atom is -0.393 e. The van der Waals surface area contributed by atoms with Crippen LogP contribution in [0, 0.1) is 5.92 Å². The number of piperidine rings is 1. The number of hydrogen-bond donors (Lipinski definition) is 1. The Morgan fingerprint density at radius 2 is 2.00 bits per heavy atom. The number of likely N-dealkylation sites (N-methyl/N-ethyl adjacent to an activating group) is 1. The van der Waals surface area contributed by atoms with Gasteiger partial charge in [-0.2, -0.15) is 0 Å². The van der Waals surface area contributed by atoms with E-state index in [-0.39, 0.29) is 12.0 Å². The normalized spacial score (nSPS) is 18.5. The molecule has 1 N–H and O–H groups in total. The summed E-state index contributed by atoms with van der Waals surface area (Å²) < 4.78 is 0. The van der Waals surface area contributed by atoms with Gasteiger partial charge in [-0.15, -0.1) is 0 Å². The molecule has 4 heteroatoms. The minimum absolute atomic E-state index is 0.190. The molecule has 0 aromatic rings. The fraction of sp³-hybridized carbons (Fsp3) is 0.917. The molecular formula is C12H24N2O2. The van der Waals surface area contributed by atoms with Gasteiger partial charge in [0.2, 0.25) is 5.91 Å². The second-order valence-electron chi connectivity index (χ2n) is 5.20. The number of nitrogens with zero attached hydrogens (tertiary/aromatic N) is 2. The fourth-order valence-corrected chi connectivity index (χ4v) is 2.13. The summed E-state index contributed by atoms with van der Waals surface area (Å²) in [4.78, 5) is 15.8. The molecule has 0 aromatic carbocycles. The molecule has 4 nitrogen and oxygen atoms in total. The largest absolute Gasteiger partial charge is 0.393 e. The summed E-state index contributed by atoms with van der Waals surface area (Å²) in [6.07, 6.45) is 1.23. The summed E-state index contributed by atoms with van der Waals surface area (Å²) in [5, 5.41) is 9.36. The molecule has 16 heavy (non-hydrogen) atoms. The maximum atomic E-state index is 11.9. The number of amides is 1. The zero-order chi connectivity index (χ0) is 12.1. The third kappa shape index (κ3) is 4.49. The van der Waals surface area contributed by atoms with Crippen molar-refractivity contribution in [2.75, 3.05) is 33.2 Å². The predicted molar refractivity (Wildman–Crippen MR) is 64.2 cm³/mol. The molecular weight excluding hydrogens is 204 g/mol. The van der Waals surface area contributed by atoms with E-state index in [0.29, 0.717) is 25.6 Å². The minimum atomic E-state index is -0.211. The Kier molecular flexibility index (Phi) is 5.22. The molecule has 1 rings (SSSR count). The SMILES string of the molecule is CC(C)CN(C)CC(=O)N1CCC(O)CC1. The Morgan fingerprint density at radius 3 is 2.50 bits per heavy atom. The molecule has 0 saturated carbocycles. The number of aliphatic hydroxyl groups is 1. The molecule has 0 bridgehead atoms. The summed E-state index contributed by atoms with van der Waals surface area (Å²) in [6.45, 7) is 7.15. The maximum absolute atomic E-state index is 11.9. The van der Waals surface area contributed by atoms with E-state index >= 15 is 0 Å². The van der Waals surface area contributed by atoms with Crippen LogP contribution in [0.1, 0.15) is 26.7 Å². The van der Waals surface area contributed by atoms with Crippen LogP contribution in [0.2, 0.25) is 0 Å². The standard InChI is InChI=1S/C12H24N2O2/c1-10(2)8-13(3)9-12(16)14-6-4-11(15)5-7-14/h10-11,15H,4-9H2,1-3H3. The Bertz CT molecular complexity index is 223. The third-order valence-corrected chi connectivity index (χ3v) is 2.90. The van der Waals surface area contributed by atoms with E-state index in [0.717, 1.165) is 19.4 Å². The van der Waals surface area contributed by atoms with E-state index in [1.807, 2.05) is 11.9 Å². The van der Waals surface area contributed by atoms with Crippen molar-refractivity contribution in [3.8, 4) is 0 Å². The zero-order valence-electron chi connectivity index (χ0n) is 10.6. The van der Waals surface area contributed by atoms with Gasteiger partial charge in [-0.1, -0.05) is 13.8 Å². The van der Waals surface area contributed by atoms with Crippen LogP contribution < -0.4 is 0 Å². The van der Waals surface area contributed by atoms with Crippen LogP contribution in [-0.2, 0) is 4.79 Å². The van der Waals surface area contributed by atoms with Crippen LogP contribution in [0.15, 0.2) is 0 Å². The fourth-order valence-electron chi connectivity index (χ4n) is 2.13. The van der Waals surface area contributed by atoms with Crippen LogP contribution in [0.5, 0.6) is 0 Å². The van der Waals surface area contributed by atoms with Crippen molar-refractivity contribution >= 4 is 5.91 Å². The van der Waals surface area contributed by atoms with Crippen molar-refractivity contribution in [2.24, 2.45) is 5.92 Å². The van der Waals surface area contributed by atoms with Gasteiger partial charge in [0, 0.05) is 19.6 Å². The average molecular weight is 228 g/mol. The number of carbonyl (C=O) groups excluding carboxylic acids is 1. The molecule has 0 spiro atoms. The number of likely N-dealkylation sites (tertiary alicyclic amines) is 1. The molecule has 1 aliphatic rings. The van der Waals surface area contributed by atoms with Crippen molar-refractivity contribution in [2.45, 2.75) is 32.8 Å². The van der Waals surface area contributed by atoms with E-state index < -0.39 is 0 Å². The van der Waals surface area contributed by atoms with Crippen LogP contribution >= 0.6 is 0 Å². The van der Waals surface area contributed by atoms with E-state index in [1.54, 1.807) is 0 Å². The highest BCUT2D eigenvalue weighted by atomic mass is 16.3. The lowest BCUT2D eigenvalue weighted by Gasteiger charge is -2.31. The molecule has 1 aliphatic heterocycles. The molecule has 1 fully saturated rings. The molecule has 0 aromatic heterocycles. The molecule has 0 radical (unpaired) electrons. The van der Waals surface area contributed by atoms with E-state index in [4.69, 9.17) is 0 Å². The van der Waals surface area contributed by atoms with Crippen LogP contribution in [0.4, 0.5) is 0 Å². The summed E-state index contributed by atoms with van der Waals surface area (Å²) in [5.41, 5.74) is 0. The van der Waals surface area contributed by atoms with Crippen molar-refractivity contribution in [3.63, 3.8) is 0 Å². The van der Waals surface area contributed by atoms with Gasteiger partial charge in [-0.25, -0.2) is 0 Å². The number of hydrogen-bond acceptors (Lipinski definition) is 3. The van der Waals surface area contributed by atoms with Crippen molar-refractivity contribution in [1.82, 2.24) is 9.80 Å². The van der Waals surface area contributed by atoms with Crippen molar-refractivity contribution in [3.05, 3.63) is 0 Å². The van der Waals surface area contributed by atoms with Crippen LogP contribution in [-0.4, -0.2) is 60.1 Å². The lowest BCUT2D eigenvalue weighted by molar-refractivity contribution is -0.134. The Labute approximate surface area is 98.2 Å². The van der Waals surface area contributed by atoms with Gasteiger partial charge in [-0.05, 0) is 25.8 Å². The highest BCUT2D eigenvalue weighted by Gasteiger charge is 2.21. The number of carbonyl (C=O) groups is 1. The second kappa shape index (κ2) is 6.21. The van der Waals surface area contributed by atoms with Crippen molar-refractivity contribution < 1.29 is 9.90 Å². The van der Waals surface area contributed by atoms with Crippen LogP contribution in [0.25, 0.3) is 0 Å². The first-order chi connectivity index (χ1) is 7.49. The lowest BCUT2D eigenvalue weighted by Crippen LogP contribution is -2.44. The first-order valence-corrected chi connectivity index (χ1v) is 6.13. The van der Waals surface area contributed by atoms with E-state index in [1.165, 1.54) is 0 Å². The van der Waals surface area contributed by atoms with Gasteiger partial charge < -0.3 is 10.0 Å². The van der Waals surface area contributed by atoms with Gasteiger partial charge >= 0.3 is 0 Å². The van der Waals surface area contributed by atoms with Gasteiger partial charge in [0.1, 0.15) is 0 Å². The molecule has 0 unspecified atom stereocenters. The highest BCUT2D eigenvalue weighted by Crippen LogP contribution is 2.10. The molecule has 0 atom stereocenters. The summed E-state index contributed by atoms with van der Waals surface area (Å²) in [7, 11) is 1.98. The second-order valence-corrected chi connectivity index (χ2v) is 5.20. The van der Waals surface area contributed by atoms with Gasteiger partial charge in [0.15, 0.2) is 0 Å². The highest BCUT2D eigenvalue weighted by molar-refractivity contribution is 5.78. The Morgan fingerprint density at radius 1 is 1.44 bits per heavy atom. The number of aliphatic hydroxyl groups excluding tert-OH is 1. The molecule has 1 saturated heterocycles. The monoisotopic (exact) mass is 228 g/mol. The van der Waals surface area contributed by atoms with E-state index in [2.05, 4.69) is 18.7 Å². The smallest absolute Gasteiger partial charge is 0.236 e. The average Bonchev–Trinajstić information content (AvgIpc) is 2.16. The first-order valence-electron chi connectivity index (χ1n) is 6.13. The Hall–Kier alpha value is -0.610. The van der Waals surface area contributed by atoms with Crippen LogP contribution in [0.3, 0.4) is 0 Å². The quantitative estimate of drug-likeness (QED) is 0.764. The molecule has 94 valence electrons. The Balaban J connectivity index is 2.29. The number of rotatable bonds is 4. The lowest BCUT2D eigenvalue weighted by atomic mass is 10.1. The van der Waals surface area contributed by atoms with Gasteiger partial charge in [0.05, 0.1) is 12.6 Å². The van der Waals surface area contributed by atoms with Gasteiger partial charge in [-0.3, -0.25) is 9.69 Å². The predicted octanol–water partition coefficient (Wildman–Crippen LogP) is 0.557. The molecule has 1 heterocycles. The maximum Gasteiger partial charge on any atom is 0.236 e. The van der Waals surface area contributed by atoms with E-state index in [9.17, 15) is 9.90 Å². The molecule has 0 aliphatic carbocycles. The molecule has 1 amide bonds.